The van der Waals surface area contributed by atoms with Crippen LogP contribution in [-0.4, -0.2) is 8.42 Å². The van der Waals surface area contributed by atoms with E-state index in [2.05, 4.69) is 0 Å². The molecule has 2 aromatic carbocycles. The van der Waals surface area contributed by atoms with E-state index >= 15 is 0 Å². The van der Waals surface area contributed by atoms with Crippen LogP contribution in [0.1, 0.15) is 11.1 Å². The van der Waals surface area contributed by atoms with Gasteiger partial charge in [0.2, 0.25) is 9.84 Å². The average molecular weight is 354 g/mol. The maximum Gasteiger partial charge on any atom is 0.218 e. The Bertz CT molecular complexity index is 852. The van der Waals surface area contributed by atoms with Gasteiger partial charge in [-0.1, -0.05) is 0 Å². The Hall–Kier alpha value is -2.03. The van der Waals surface area contributed by atoms with Crippen molar-refractivity contribution in [2.24, 2.45) is 0 Å². The summed E-state index contributed by atoms with van der Waals surface area (Å²) in [4.78, 5) is -3.42. The lowest BCUT2D eigenvalue weighted by molar-refractivity contribution is 0.473. The summed E-state index contributed by atoms with van der Waals surface area (Å²) in [7, 11) is -5.37. The molecule has 23 heavy (non-hydrogen) atoms. The fraction of sp³-hybridized carbons (Fsp3) is 0.143. The van der Waals surface area contributed by atoms with E-state index in [1.54, 1.807) is 0 Å². The van der Waals surface area contributed by atoms with Gasteiger partial charge in [0.25, 0.3) is 0 Å². The van der Waals surface area contributed by atoms with Crippen molar-refractivity contribution in [1.29, 1.82) is 0 Å². The minimum absolute atomic E-state index is 0.0808. The Morgan fingerprint density at radius 1 is 0.652 bits per heavy atom. The first-order chi connectivity index (χ1) is 10.5. The molecule has 0 saturated carbocycles. The molecule has 0 aliphatic rings. The number of hydrogen-bond acceptors (Lipinski definition) is 2. The smallest absolute Gasteiger partial charge is 0.218 e. The van der Waals surface area contributed by atoms with Crippen molar-refractivity contribution in [1.82, 2.24) is 0 Å². The zero-order valence-corrected chi connectivity index (χ0v) is 12.5. The second-order valence-corrected chi connectivity index (χ2v) is 6.54. The minimum Gasteiger partial charge on any atom is -0.218 e. The van der Waals surface area contributed by atoms with Gasteiger partial charge in [-0.3, -0.25) is 0 Å². The number of halogens is 6. The van der Waals surface area contributed by atoms with E-state index in [4.69, 9.17) is 0 Å². The first kappa shape index (κ1) is 17.3. The van der Waals surface area contributed by atoms with Crippen molar-refractivity contribution >= 4 is 9.84 Å². The predicted molar refractivity (Wildman–Crippen MR) is 67.6 cm³/mol. The van der Waals surface area contributed by atoms with Gasteiger partial charge < -0.3 is 0 Å². The summed E-state index contributed by atoms with van der Waals surface area (Å²) in [5, 5.41) is 0. The van der Waals surface area contributed by atoms with Crippen LogP contribution in [0.25, 0.3) is 0 Å². The molecule has 0 fully saturated rings. The van der Waals surface area contributed by atoms with E-state index < -0.39 is 65.7 Å². The SMILES string of the molecule is Cc1c(F)cc(F)c(S(=O)(=O)c2c(F)cc(F)c(C)c2F)c1F. The molecule has 124 valence electrons. The normalized spacial score (nSPS) is 11.8. The zero-order chi connectivity index (χ0) is 17.7. The van der Waals surface area contributed by atoms with Crippen molar-refractivity contribution < 1.29 is 34.8 Å². The summed E-state index contributed by atoms with van der Waals surface area (Å²) in [6.45, 7) is 1.65. The maximum absolute atomic E-state index is 14.0. The van der Waals surface area contributed by atoms with Crippen LogP contribution in [0, 0.1) is 48.8 Å². The predicted octanol–water partition coefficient (Wildman–Crippen LogP) is 3.97. The Kier molecular flexibility index (Phi) is 4.18. The Labute approximate surface area is 127 Å². The number of benzene rings is 2. The van der Waals surface area contributed by atoms with Crippen LogP contribution < -0.4 is 0 Å². The summed E-state index contributed by atoms with van der Waals surface area (Å²) < 4.78 is 106. The summed E-state index contributed by atoms with van der Waals surface area (Å²) in [6.07, 6.45) is 0. The van der Waals surface area contributed by atoms with E-state index in [1.165, 1.54) is 0 Å². The number of rotatable bonds is 2. The summed E-state index contributed by atoms with van der Waals surface area (Å²) >= 11 is 0. The van der Waals surface area contributed by atoms with Crippen molar-refractivity contribution in [2.45, 2.75) is 23.6 Å². The fourth-order valence-corrected chi connectivity index (χ4v) is 3.54. The molecule has 0 aliphatic heterocycles. The molecular formula is C14H8F6O2S. The molecule has 0 aliphatic carbocycles. The molecule has 0 unspecified atom stereocenters. The lowest BCUT2D eigenvalue weighted by Crippen LogP contribution is -2.14. The van der Waals surface area contributed by atoms with Crippen molar-refractivity contribution in [3.05, 3.63) is 58.2 Å². The van der Waals surface area contributed by atoms with Crippen LogP contribution in [0.3, 0.4) is 0 Å². The molecule has 0 aromatic heterocycles. The van der Waals surface area contributed by atoms with Crippen LogP contribution in [-0.2, 0) is 9.84 Å². The van der Waals surface area contributed by atoms with Gasteiger partial charge in [0.1, 0.15) is 33.1 Å². The van der Waals surface area contributed by atoms with Gasteiger partial charge >= 0.3 is 0 Å². The first-order valence-electron chi connectivity index (χ1n) is 6.03. The molecular weight excluding hydrogens is 346 g/mol. The van der Waals surface area contributed by atoms with E-state index in [1.807, 2.05) is 0 Å². The minimum atomic E-state index is -5.37. The Morgan fingerprint density at radius 2 is 0.957 bits per heavy atom. The van der Waals surface area contributed by atoms with E-state index in [0.29, 0.717) is 0 Å². The van der Waals surface area contributed by atoms with Crippen molar-refractivity contribution in [3.8, 4) is 0 Å². The molecule has 0 radical (unpaired) electrons. The Balaban J connectivity index is 2.91. The molecule has 9 heteroatoms. The van der Waals surface area contributed by atoms with E-state index in [-0.39, 0.29) is 12.1 Å². The van der Waals surface area contributed by atoms with Gasteiger partial charge in [-0.05, 0) is 13.8 Å². The van der Waals surface area contributed by atoms with Crippen molar-refractivity contribution in [2.75, 3.05) is 0 Å². The van der Waals surface area contributed by atoms with Crippen LogP contribution in [0.5, 0.6) is 0 Å². The van der Waals surface area contributed by atoms with E-state index in [9.17, 15) is 34.8 Å². The lowest BCUT2D eigenvalue weighted by atomic mass is 10.2. The maximum atomic E-state index is 14.0. The molecule has 0 spiro atoms. The molecule has 0 N–H and O–H groups in total. The summed E-state index contributed by atoms with van der Waals surface area (Å²) in [5.41, 5.74) is -1.69. The fourth-order valence-electron chi connectivity index (χ4n) is 1.92. The topological polar surface area (TPSA) is 34.1 Å². The summed E-state index contributed by atoms with van der Waals surface area (Å²) in [6, 6.07) is 0.162. The largest absolute Gasteiger partial charge is 0.218 e. The second-order valence-electron chi connectivity index (χ2n) is 4.72. The first-order valence-corrected chi connectivity index (χ1v) is 7.51. The third-order valence-corrected chi connectivity index (χ3v) is 5.08. The average Bonchev–Trinajstić information content (AvgIpc) is 2.41. The number of hydrogen-bond donors (Lipinski definition) is 0. The monoisotopic (exact) mass is 354 g/mol. The van der Waals surface area contributed by atoms with Gasteiger partial charge in [0.05, 0.1) is 0 Å². The third kappa shape index (κ3) is 2.58. The lowest BCUT2D eigenvalue weighted by Gasteiger charge is -2.12. The van der Waals surface area contributed by atoms with Crippen LogP contribution in [0.4, 0.5) is 26.3 Å². The van der Waals surface area contributed by atoms with Gasteiger partial charge in [0, 0.05) is 23.3 Å². The molecule has 2 rings (SSSR count). The Morgan fingerprint density at radius 3 is 1.26 bits per heavy atom. The highest BCUT2D eigenvalue weighted by molar-refractivity contribution is 7.91. The van der Waals surface area contributed by atoms with Crippen LogP contribution in [0.15, 0.2) is 21.9 Å². The molecule has 0 amide bonds. The zero-order valence-electron chi connectivity index (χ0n) is 11.6. The van der Waals surface area contributed by atoms with Crippen LogP contribution >= 0.6 is 0 Å². The standard InChI is InChI=1S/C14H8F6O2S/c1-5-7(15)3-9(17)13(11(5)19)23(21,22)14-10(18)4-8(16)6(2)12(14)20/h3-4H,1-2H3. The molecule has 0 heterocycles. The summed E-state index contributed by atoms with van der Waals surface area (Å²) in [5.74, 6) is -10.1. The highest BCUT2D eigenvalue weighted by Crippen LogP contribution is 2.33. The highest BCUT2D eigenvalue weighted by atomic mass is 32.2. The van der Waals surface area contributed by atoms with Crippen molar-refractivity contribution in [3.63, 3.8) is 0 Å². The van der Waals surface area contributed by atoms with Gasteiger partial charge in [0.15, 0.2) is 11.6 Å². The van der Waals surface area contributed by atoms with Crippen LogP contribution in [0.2, 0.25) is 0 Å². The second kappa shape index (κ2) is 5.55. The van der Waals surface area contributed by atoms with E-state index in [0.717, 1.165) is 13.8 Å². The quantitative estimate of drug-likeness (QED) is 0.604. The van der Waals surface area contributed by atoms with Gasteiger partial charge in [-0.15, -0.1) is 0 Å². The molecule has 0 bridgehead atoms. The number of sulfone groups is 1. The molecule has 0 saturated heterocycles. The highest BCUT2D eigenvalue weighted by Gasteiger charge is 2.35. The van der Waals surface area contributed by atoms with Gasteiger partial charge in [-0.2, -0.15) is 0 Å². The van der Waals surface area contributed by atoms with Gasteiger partial charge in [-0.25, -0.2) is 34.8 Å². The molecule has 0 atom stereocenters. The molecule has 2 nitrogen and oxygen atoms in total. The molecule has 2 aromatic rings. The third-order valence-electron chi connectivity index (χ3n) is 3.25.